The van der Waals surface area contributed by atoms with Crippen LogP contribution in [0.3, 0.4) is 0 Å². The number of anilines is 1. The normalized spacial score (nSPS) is 10.1. The zero-order valence-electron chi connectivity index (χ0n) is 7.91. The lowest BCUT2D eigenvalue weighted by Crippen LogP contribution is -2.20. The summed E-state index contributed by atoms with van der Waals surface area (Å²) in [6.45, 7) is 0. The van der Waals surface area contributed by atoms with E-state index in [1.165, 1.54) is 7.11 Å². The van der Waals surface area contributed by atoms with Crippen molar-refractivity contribution in [2.45, 2.75) is 0 Å². The van der Waals surface area contributed by atoms with Gasteiger partial charge in [-0.05, 0) is 0 Å². The highest BCUT2D eigenvalue weighted by Gasteiger charge is 2.21. The maximum Gasteiger partial charge on any atom is 0.316 e. The monoisotopic (exact) mass is 302 g/mol. The SMILES string of the molecule is COc1c(Cl)c(Cl)c(Cl)c(Cl)c1NC(N)=O. The number of hydrogen-bond acceptors (Lipinski definition) is 2. The van der Waals surface area contributed by atoms with Gasteiger partial charge in [0.2, 0.25) is 0 Å². The Morgan fingerprint density at radius 2 is 1.62 bits per heavy atom. The van der Waals surface area contributed by atoms with Crippen LogP contribution in [-0.2, 0) is 0 Å². The smallest absolute Gasteiger partial charge is 0.316 e. The lowest BCUT2D eigenvalue weighted by molar-refractivity contribution is 0.259. The second-order valence-electron chi connectivity index (χ2n) is 2.65. The fourth-order valence-electron chi connectivity index (χ4n) is 1.04. The van der Waals surface area contributed by atoms with Crippen LogP contribution in [0.15, 0.2) is 0 Å². The molecule has 1 rings (SSSR count). The molecule has 0 saturated heterocycles. The van der Waals surface area contributed by atoms with Gasteiger partial charge in [0, 0.05) is 0 Å². The first-order valence-corrected chi connectivity index (χ1v) is 5.37. The number of halogens is 4. The minimum atomic E-state index is -0.824. The third kappa shape index (κ3) is 2.40. The Morgan fingerprint density at radius 3 is 2.06 bits per heavy atom. The van der Waals surface area contributed by atoms with Crippen LogP contribution in [0.4, 0.5) is 10.5 Å². The summed E-state index contributed by atoms with van der Waals surface area (Å²) in [5.41, 5.74) is 5.05. The van der Waals surface area contributed by atoms with E-state index in [2.05, 4.69) is 5.32 Å². The fourth-order valence-corrected chi connectivity index (χ4v) is 2.00. The predicted molar refractivity (Wildman–Crippen MR) is 66.2 cm³/mol. The van der Waals surface area contributed by atoms with Crippen molar-refractivity contribution in [2.75, 3.05) is 12.4 Å². The molecule has 4 nitrogen and oxygen atoms in total. The fraction of sp³-hybridized carbons (Fsp3) is 0.125. The van der Waals surface area contributed by atoms with Gasteiger partial charge in [-0.25, -0.2) is 4.79 Å². The van der Waals surface area contributed by atoms with Crippen molar-refractivity contribution in [3.05, 3.63) is 20.1 Å². The first kappa shape index (κ1) is 13.5. The number of methoxy groups -OCH3 is 1. The molecular weight excluding hydrogens is 298 g/mol. The minimum Gasteiger partial charge on any atom is -0.493 e. The second kappa shape index (κ2) is 5.19. The van der Waals surface area contributed by atoms with E-state index < -0.39 is 6.03 Å². The molecule has 0 aromatic heterocycles. The molecule has 0 radical (unpaired) electrons. The molecule has 88 valence electrons. The number of carbonyl (C=O) groups excluding carboxylic acids is 1. The molecule has 0 bridgehead atoms. The van der Waals surface area contributed by atoms with Crippen LogP contribution in [0.25, 0.3) is 0 Å². The molecule has 0 aliphatic rings. The van der Waals surface area contributed by atoms with E-state index in [9.17, 15) is 4.79 Å². The number of primary amides is 1. The maximum atomic E-state index is 10.8. The van der Waals surface area contributed by atoms with Gasteiger partial charge in [0.15, 0.2) is 5.75 Å². The Labute approximate surface area is 112 Å². The van der Waals surface area contributed by atoms with Crippen molar-refractivity contribution in [1.29, 1.82) is 0 Å². The second-order valence-corrected chi connectivity index (χ2v) is 4.17. The molecule has 1 aromatic rings. The standard InChI is InChI=1S/C8H6Cl4N2O2/c1-16-7-5(12)3(10)2(9)4(11)6(7)14-8(13)15/h1H3,(H3,13,14,15). The van der Waals surface area contributed by atoms with E-state index in [0.717, 1.165) is 0 Å². The van der Waals surface area contributed by atoms with Crippen LogP contribution < -0.4 is 15.8 Å². The molecule has 3 N–H and O–H groups in total. The highest BCUT2D eigenvalue weighted by atomic mass is 35.5. The van der Waals surface area contributed by atoms with E-state index in [4.69, 9.17) is 56.9 Å². The summed E-state index contributed by atoms with van der Waals surface area (Å²) in [6, 6.07) is -0.824. The van der Waals surface area contributed by atoms with E-state index in [1.54, 1.807) is 0 Å². The molecule has 2 amide bonds. The Kier molecular flexibility index (Phi) is 4.38. The molecule has 0 aliphatic carbocycles. The summed E-state index contributed by atoms with van der Waals surface area (Å²) in [5, 5.41) is 2.36. The van der Waals surface area contributed by atoms with Crippen molar-refractivity contribution in [2.24, 2.45) is 5.73 Å². The van der Waals surface area contributed by atoms with Crippen LogP contribution in [0, 0.1) is 0 Å². The van der Waals surface area contributed by atoms with Gasteiger partial charge >= 0.3 is 6.03 Å². The molecule has 16 heavy (non-hydrogen) atoms. The van der Waals surface area contributed by atoms with Gasteiger partial charge < -0.3 is 15.8 Å². The van der Waals surface area contributed by atoms with Crippen LogP contribution in [-0.4, -0.2) is 13.1 Å². The van der Waals surface area contributed by atoms with Crippen molar-refractivity contribution in [1.82, 2.24) is 0 Å². The van der Waals surface area contributed by atoms with Crippen molar-refractivity contribution in [3.8, 4) is 5.75 Å². The van der Waals surface area contributed by atoms with Gasteiger partial charge in [-0.3, -0.25) is 0 Å². The van der Waals surface area contributed by atoms with Gasteiger partial charge in [-0.2, -0.15) is 0 Å². The Hall–Kier alpha value is -0.550. The Morgan fingerprint density at radius 1 is 1.12 bits per heavy atom. The first-order chi connectivity index (χ1) is 7.40. The number of benzene rings is 1. The van der Waals surface area contributed by atoms with E-state index >= 15 is 0 Å². The summed E-state index contributed by atoms with van der Waals surface area (Å²) >= 11 is 23.3. The van der Waals surface area contributed by atoms with Crippen LogP contribution in [0.5, 0.6) is 5.75 Å². The molecule has 0 saturated carbocycles. The molecule has 0 heterocycles. The van der Waals surface area contributed by atoms with Gasteiger partial charge in [-0.15, -0.1) is 0 Å². The Balaban J connectivity index is 3.50. The van der Waals surface area contributed by atoms with Crippen LogP contribution in [0.2, 0.25) is 20.1 Å². The van der Waals surface area contributed by atoms with Gasteiger partial charge in [0.1, 0.15) is 10.7 Å². The number of nitrogens with two attached hydrogens (primary N) is 1. The van der Waals surface area contributed by atoms with Crippen molar-refractivity contribution in [3.63, 3.8) is 0 Å². The quantitative estimate of drug-likeness (QED) is 0.645. The topological polar surface area (TPSA) is 64.3 Å². The number of carbonyl (C=O) groups is 1. The summed E-state index contributed by atoms with van der Waals surface area (Å²) in [4.78, 5) is 10.8. The van der Waals surface area contributed by atoms with E-state index in [0.29, 0.717) is 0 Å². The number of urea groups is 1. The first-order valence-electron chi connectivity index (χ1n) is 3.86. The lowest BCUT2D eigenvalue weighted by Gasteiger charge is -2.14. The van der Waals surface area contributed by atoms with E-state index in [1.807, 2.05) is 0 Å². The number of hydrogen-bond donors (Lipinski definition) is 2. The average Bonchev–Trinajstić information content (AvgIpc) is 2.23. The lowest BCUT2D eigenvalue weighted by atomic mass is 10.3. The molecule has 0 atom stereocenters. The highest BCUT2D eigenvalue weighted by Crippen LogP contribution is 2.48. The number of nitrogens with one attached hydrogen (secondary N) is 1. The largest absolute Gasteiger partial charge is 0.493 e. The van der Waals surface area contributed by atoms with Crippen LogP contribution >= 0.6 is 46.4 Å². The minimum absolute atomic E-state index is 0.00622. The zero-order chi connectivity index (χ0) is 12.5. The molecular formula is C8H6Cl4N2O2. The average molecular weight is 304 g/mol. The Bertz CT molecular complexity index is 450. The summed E-state index contributed by atoms with van der Waals surface area (Å²) in [6.07, 6.45) is 0. The summed E-state index contributed by atoms with van der Waals surface area (Å²) < 4.78 is 4.96. The van der Waals surface area contributed by atoms with Gasteiger partial charge in [-0.1, -0.05) is 46.4 Å². The third-order valence-corrected chi connectivity index (χ3v) is 3.46. The van der Waals surface area contributed by atoms with Crippen LogP contribution in [0.1, 0.15) is 0 Å². The molecule has 0 unspecified atom stereocenters. The molecule has 1 aromatic carbocycles. The third-order valence-electron chi connectivity index (χ3n) is 1.68. The summed E-state index contributed by atoms with van der Waals surface area (Å²) in [5.74, 6) is 0.0971. The van der Waals surface area contributed by atoms with Gasteiger partial charge in [0.25, 0.3) is 0 Å². The molecule has 0 spiro atoms. The molecule has 0 aliphatic heterocycles. The summed E-state index contributed by atoms with van der Waals surface area (Å²) in [7, 11) is 1.34. The maximum absolute atomic E-state index is 10.8. The molecule has 8 heteroatoms. The zero-order valence-corrected chi connectivity index (χ0v) is 10.9. The number of amides is 2. The predicted octanol–water partition coefficient (Wildman–Crippen LogP) is 3.80. The van der Waals surface area contributed by atoms with E-state index in [-0.39, 0.29) is 31.5 Å². The van der Waals surface area contributed by atoms with Crippen molar-refractivity contribution < 1.29 is 9.53 Å². The number of ether oxygens (including phenoxy) is 1. The number of rotatable bonds is 2. The molecule has 0 fully saturated rings. The van der Waals surface area contributed by atoms with Gasteiger partial charge in [0.05, 0.1) is 22.2 Å². The van der Waals surface area contributed by atoms with Crippen molar-refractivity contribution >= 4 is 58.1 Å². The highest BCUT2D eigenvalue weighted by molar-refractivity contribution is 6.53.